The lowest BCUT2D eigenvalue weighted by molar-refractivity contribution is -0.146. The smallest absolute Gasteiger partial charge is 0.345 e. The molecule has 0 radical (unpaired) electrons. The molecule has 119 heavy (non-hydrogen) atoms. The van der Waals surface area contributed by atoms with E-state index in [-0.39, 0.29) is 51.3 Å². The number of hydrogen-bond donors (Lipinski definition) is 1. The number of ether oxygens (including phenoxy) is 13. The molecular formula is C103H232F2O14. The molecule has 0 heterocycles. The minimum absolute atomic E-state index is 0.0260. The van der Waals surface area contributed by atoms with Crippen LogP contribution in [-0.2, 0) is 61.6 Å². The van der Waals surface area contributed by atoms with E-state index in [4.69, 9.17) is 61.9 Å². The first-order valence-corrected chi connectivity index (χ1v) is 45.3. The normalized spacial score (nSPS) is 14.0. The molecule has 0 aromatic carbocycles. The summed E-state index contributed by atoms with van der Waals surface area (Å²) in [4.78, 5) is 0. The Hall–Kier alpha value is -0.700. The number of aliphatic hydroxyl groups is 1. The summed E-state index contributed by atoms with van der Waals surface area (Å²) in [6.45, 7) is 127. The van der Waals surface area contributed by atoms with Gasteiger partial charge in [0.25, 0.3) is 0 Å². The van der Waals surface area contributed by atoms with Crippen LogP contribution in [0.25, 0.3) is 0 Å². The van der Waals surface area contributed by atoms with E-state index in [2.05, 4.69) is 351 Å². The van der Waals surface area contributed by atoms with Gasteiger partial charge in [-0.15, -0.1) is 0 Å². The van der Waals surface area contributed by atoms with Crippen molar-refractivity contribution in [2.24, 2.45) is 75.8 Å². The second kappa shape index (κ2) is 75.1. The molecule has 0 fully saturated rings. The van der Waals surface area contributed by atoms with Crippen molar-refractivity contribution < 1.29 is 75.5 Å². The summed E-state index contributed by atoms with van der Waals surface area (Å²) in [7, 11) is 12.3. The van der Waals surface area contributed by atoms with E-state index >= 15 is 0 Å². The van der Waals surface area contributed by atoms with E-state index in [9.17, 15) is 8.78 Å². The quantitative estimate of drug-likeness (QED) is 0.104. The number of alkyl halides is 2. The molecule has 0 aromatic rings. The highest BCUT2D eigenvalue weighted by molar-refractivity contribution is 4.78. The van der Waals surface area contributed by atoms with Gasteiger partial charge in [0.2, 0.25) is 0 Å². The number of aliphatic hydroxyl groups excluding tert-OH is 1. The molecule has 0 aliphatic heterocycles. The Morgan fingerprint density at radius 1 is 0.277 bits per heavy atom. The molecule has 14 nitrogen and oxygen atoms in total. The molecule has 0 bridgehead atoms. The van der Waals surface area contributed by atoms with Crippen LogP contribution >= 0.6 is 0 Å². The van der Waals surface area contributed by atoms with Gasteiger partial charge in [0, 0.05) is 76.2 Å². The van der Waals surface area contributed by atoms with Gasteiger partial charge >= 0.3 is 6.61 Å². The highest BCUT2D eigenvalue weighted by atomic mass is 19.3. The molecule has 0 rings (SSSR count). The van der Waals surface area contributed by atoms with Gasteiger partial charge < -0.3 is 66.7 Å². The van der Waals surface area contributed by atoms with E-state index in [0.29, 0.717) is 98.3 Å². The Morgan fingerprint density at radius 2 is 0.529 bits per heavy atom. The summed E-state index contributed by atoms with van der Waals surface area (Å²) in [5.41, 5.74) is 3.74. The van der Waals surface area contributed by atoms with Gasteiger partial charge in [-0.05, 0) is 198 Å². The van der Waals surface area contributed by atoms with Gasteiger partial charge in [0.05, 0.1) is 93.6 Å². The predicted molar refractivity (Wildman–Crippen MR) is 526 cm³/mol. The Morgan fingerprint density at radius 3 is 0.580 bits per heavy atom. The standard InChI is InChI=1S/3C9H20O.3C8H18O.5C7H16O.C6H12F2O.C6H14O.C5H12O/c1-8(2,3)7-9(4,5)10-6;2*1-7(2)10-8(3)9(4,5)6;1-7(2)9-6-8(3,4)5;2*1-6-7(9-5)8(2,3)4;1-7(2,3)5-6-8-4;2*1-6(8-5)7(2,3)4;2*1-5-8-6-7(2,3)4;1-6(2,3)4-9-5(7)8;1-6(2,3)5-7-4;1-5(2,3)4-6/h7H2,1-6H3;2*7-8H,1-6H3;3*7H,6H2,1-5H3;5-6H2,1-4H3;2*6H,1-5H3;2*5-6H2,1-4H3;5H,4H2,1-3H3;5H2,1-4H3;6H,4H2,1-3H3/t;2*8-;;2*7-;;2*6-;;;;;/m.10.10.10...../s1. The first kappa shape index (κ1) is 150. The summed E-state index contributed by atoms with van der Waals surface area (Å²) in [5.74, 6) is 0. The zero-order valence-corrected chi connectivity index (χ0v) is 94.0. The lowest BCUT2D eigenvalue weighted by Gasteiger charge is -2.30. The fourth-order valence-corrected chi connectivity index (χ4v) is 7.93. The van der Waals surface area contributed by atoms with E-state index in [1.54, 1.807) is 49.8 Å². The third kappa shape index (κ3) is 161. The van der Waals surface area contributed by atoms with Crippen LogP contribution in [0.3, 0.4) is 0 Å². The largest absolute Gasteiger partial charge is 0.396 e. The topological polar surface area (TPSA) is 140 Å². The monoisotopic (exact) mass is 1730 g/mol. The maximum Gasteiger partial charge on any atom is 0.345 e. The molecule has 6 atom stereocenters. The maximum absolute atomic E-state index is 11.3. The molecule has 1 N–H and O–H groups in total. The molecule has 0 amide bonds. The minimum atomic E-state index is -2.63. The van der Waals surface area contributed by atoms with Gasteiger partial charge in [0.1, 0.15) is 0 Å². The zero-order chi connectivity index (χ0) is 99.7. The highest BCUT2D eigenvalue weighted by Crippen LogP contribution is 2.30. The maximum atomic E-state index is 11.3. The summed E-state index contributed by atoms with van der Waals surface area (Å²) < 4.78 is 89.7. The lowest BCUT2D eigenvalue weighted by Crippen LogP contribution is -2.28. The van der Waals surface area contributed by atoms with Gasteiger partial charge in [0.15, 0.2) is 0 Å². The van der Waals surface area contributed by atoms with Crippen molar-refractivity contribution >= 4 is 0 Å². The van der Waals surface area contributed by atoms with Gasteiger partial charge in [-0.25, -0.2) is 0 Å². The number of hydrogen-bond acceptors (Lipinski definition) is 14. The van der Waals surface area contributed by atoms with Crippen molar-refractivity contribution in [2.75, 3.05) is 109 Å². The molecule has 0 unspecified atom stereocenters. The first-order valence-electron chi connectivity index (χ1n) is 45.3. The van der Waals surface area contributed by atoms with Crippen molar-refractivity contribution in [3.8, 4) is 0 Å². The number of methoxy groups -OCH3 is 7. The third-order valence-electron chi connectivity index (χ3n) is 16.4. The van der Waals surface area contributed by atoms with Crippen molar-refractivity contribution in [2.45, 2.75) is 494 Å². The predicted octanol–water partition coefficient (Wildman–Crippen LogP) is 31.2. The van der Waals surface area contributed by atoms with Crippen molar-refractivity contribution in [1.29, 1.82) is 0 Å². The van der Waals surface area contributed by atoms with Gasteiger partial charge in [-0.3, -0.25) is 0 Å². The Labute approximate surface area is 751 Å². The van der Waals surface area contributed by atoms with E-state index < -0.39 is 6.61 Å². The van der Waals surface area contributed by atoms with Crippen molar-refractivity contribution in [3.05, 3.63) is 0 Å². The number of rotatable bonds is 23. The van der Waals surface area contributed by atoms with Gasteiger partial charge in [-0.1, -0.05) is 305 Å². The second-order valence-corrected chi connectivity index (χ2v) is 49.0. The van der Waals surface area contributed by atoms with Crippen LogP contribution in [-0.4, -0.2) is 181 Å². The summed E-state index contributed by atoms with van der Waals surface area (Å²) in [6.07, 6.45) is 7.66. The summed E-state index contributed by atoms with van der Waals surface area (Å²) in [6, 6.07) is 0. The molecule has 0 aliphatic carbocycles. The zero-order valence-electron chi connectivity index (χ0n) is 94.0. The fourth-order valence-electron chi connectivity index (χ4n) is 7.93. The van der Waals surface area contributed by atoms with E-state index in [1.165, 1.54) is 0 Å². The molecular weight excluding hydrogens is 1500 g/mol. The van der Waals surface area contributed by atoms with Gasteiger partial charge in [-0.2, -0.15) is 8.78 Å². The van der Waals surface area contributed by atoms with Crippen LogP contribution < -0.4 is 0 Å². The molecule has 16 heteroatoms. The van der Waals surface area contributed by atoms with Crippen LogP contribution in [0.2, 0.25) is 0 Å². The van der Waals surface area contributed by atoms with Crippen molar-refractivity contribution in [1.82, 2.24) is 0 Å². The lowest BCUT2D eigenvalue weighted by atomic mass is 9.84. The van der Waals surface area contributed by atoms with Crippen LogP contribution in [0, 0.1) is 75.8 Å². The van der Waals surface area contributed by atoms with E-state index in [1.807, 2.05) is 55.4 Å². The summed E-state index contributed by atoms with van der Waals surface area (Å²) >= 11 is 0. The second-order valence-electron chi connectivity index (χ2n) is 49.0. The molecule has 0 saturated heterocycles. The van der Waals surface area contributed by atoms with Crippen LogP contribution in [0.1, 0.15) is 427 Å². The summed E-state index contributed by atoms with van der Waals surface area (Å²) in [5, 5.41) is 8.40. The molecule has 0 aliphatic rings. The average molecular weight is 1730 g/mol. The molecule has 0 saturated carbocycles. The highest BCUT2D eigenvalue weighted by Gasteiger charge is 2.27. The molecule has 742 valence electrons. The van der Waals surface area contributed by atoms with Crippen LogP contribution in [0.4, 0.5) is 8.78 Å². The molecule has 0 aromatic heterocycles. The Bertz CT molecular complexity index is 1890. The van der Waals surface area contributed by atoms with Crippen molar-refractivity contribution in [3.63, 3.8) is 0 Å². The third-order valence-corrected chi connectivity index (χ3v) is 16.4. The Kier molecular flexibility index (Phi) is 94.5. The Balaban J connectivity index is -0.0000000833. The first-order chi connectivity index (χ1) is 52.1. The van der Waals surface area contributed by atoms with Crippen LogP contribution in [0.15, 0.2) is 0 Å². The fraction of sp³-hybridized carbons (Fsp3) is 1.00. The number of halogens is 2. The van der Waals surface area contributed by atoms with Crippen LogP contribution in [0.5, 0.6) is 0 Å². The average Bonchev–Trinajstić information content (AvgIpc) is 0.957. The minimum Gasteiger partial charge on any atom is -0.396 e. The van der Waals surface area contributed by atoms with E-state index in [0.717, 1.165) is 71.9 Å². The molecule has 0 spiro atoms. The SMILES string of the molecule is CC(C)(C)CO.CC(C)(C)COC(F)F.CC(C)OCC(C)(C)C.CC(C)O[C@@H](C)C(C)(C)C.CC(C)O[C@H](C)C(C)(C)C.CCOCC(C)(C)C.CCOCC(C)(C)C.CC[C@@H](OC)C(C)(C)C.CC[C@H](OC)C(C)(C)C.COC(C)(C)CC(C)(C)C.COCC(C)(C)C.COCCC(C)(C)C.CO[C@@H](C)C(C)(C)C.CO[C@H](C)C(C)(C)C.